The zero-order valence-corrected chi connectivity index (χ0v) is 22.1. The topological polar surface area (TPSA) is 82.9 Å². The highest BCUT2D eigenvalue weighted by Crippen LogP contribution is 2.33. The molecule has 1 aliphatic rings. The molecule has 1 aromatic carbocycles. The minimum atomic E-state index is 0. The van der Waals surface area contributed by atoms with E-state index < -0.39 is 0 Å². The fourth-order valence-corrected chi connectivity index (χ4v) is 5.05. The molecule has 0 spiro atoms. The lowest BCUT2D eigenvalue weighted by molar-refractivity contribution is 0.460. The maximum Gasteiger partial charge on any atom is 0.191 e. The Morgan fingerprint density at radius 1 is 1.16 bits per heavy atom. The number of nitrogens with one attached hydrogen (secondary N) is 3. The van der Waals surface area contributed by atoms with Gasteiger partial charge in [0.05, 0.1) is 0 Å². The van der Waals surface area contributed by atoms with Gasteiger partial charge in [-0.15, -0.1) is 34.2 Å². The number of hydrogen-bond donors (Lipinski definition) is 3. The number of nitrogens with zero attached hydrogens (tertiary/aromatic N) is 4. The second-order valence-corrected chi connectivity index (χ2v) is 8.82. The third kappa shape index (κ3) is 5.98. The molecule has 1 aliphatic carbocycles. The molecule has 0 amide bonds. The second-order valence-electron chi connectivity index (χ2n) is 8.05. The Balaban J connectivity index is 0.00000289. The maximum absolute atomic E-state index is 4.49. The number of para-hydroxylation sites is 1. The molecule has 32 heavy (non-hydrogen) atoms. The molecule has 174 valence electrons. The van der Waals surface area contributed by atoms with E-state index in [0.29, 0.717) is 6.04 Å². The Bertz CT molecular complexity index is 1010. The van der Waals surface area contributed by atoms with E-state index in [1.165, 1.54) is 42.1 Å². The van der Waals surface area contributed by atoms with E-state index in [1.54, 1.807) is 11.8 Å². The van der Waals surface area contributed by atoms with E-state index in [0.717, 1.165) is 49.3 Å². The van der Waals surface area contributed by atoms with Crippen molar-refractivity contribution in [2.45, 2.75) is 56.1 Å². The predicted molar refractivity (Wildman–Crippen MR) is 144 cm³/mol. The number of aromatic amines is 1. The number of halogens is 1. The molecule has 7 nitrogen and oxygen atoms in total. The van der Waals surface area contributed by atoms with Crippen LogP contribution in [0.1, 0.15) is 49.5 Å². The molecule has 3 aromatic rings. The monoisotopic (exact) mass is 567 g/mol. The zero-order chi connectivity index (χ0) is 21.5. The van der Waals surface area contributed by atoms with Gasteiger partial charge in [-0.3, -0.25) is 4.99 Å². The van der Waals surface area contributed by atoms with Crippen LogP contribution in [0.2, 0.25) is 0 Å². The van der Waals surface area contributed by atoms with Crippen LogP contribution < -0.4 is 10.6 Å². The summed E-state index contributed by atoms with van der Waals surface area (Å²) in [6.07, 6.45) is 12.2. The summed E-state index contributed by atoms with van der Waals surface area (Å²) in [5.74, 6) is 1.97. The summed E-state index contributed by atoms with van der Waals surface area (Å²) < 4.78 is 2.39. The van der Waals surface area contributed by atoms with Gasteiger partial charge in [0.2, 0.25) is 0 Å². The first kappa shape index (κ1) is 24.9. The second kappa shape index (κ2) is 12.5. The highest BCUT2D eigenvalue weighted by Gasteiger charge is 2.23. The summed E-state index contributed by atoms with van der Waals surface area (Å²) in [5.41, 5.74) is 2.52. The van der Waals surface area contributed by atoms with E-state index in [4.69, 9.17) is 0 Å². The van der Waals surface area contributed by atoms with Crippen LogP contribution in [0.3, 0.4) is 0 Å². The van der Waals surface area contributed by atoms with Crippen molar-refractivity contribution >= 4 is 52.6 Å². The standard InChI is InChI=1S/C23H33N7S.HI/c1-24-22(26-15-13-17-16-27-20-11-6-5-10-19(17)20)25-14-7-12-21-28-29-23(31-2)30(21)18-8-3-4-9-18;/h5-6,10-11,16,18,27H,3-4,7-9,12-15H2,1-2H3,(H2,24,25,26);1H. The van der Waals surface area contributed by atoms with Crippen molar-refractivity contribution in [2.24, 2.45) is 4.99 Å². The molecule has 0 unspecified atom stereocenters. The van der Waals surface area contributed by atoms with Crippen LogP contribution in [0.5, 0.6) is 0 Å². The van der Waals surface area contributed by atoms with Crippen LogP contribution in [-0.4, -0.2) is 52.1 Å². The third-order valence-electron chi connectivity index (χ3n) is 6.06. The minimum Gasteiger partial charge on any atom is -0.361 e. The fourth-order valence-electron chi connectivity index (χ4n) is 4.47. The first-order valence-corrected chi connectivity index (χ1v) is 12.5. The fraction of sp³-hybridized carbons (Fsp3) is 0.522. The lowest BCUT2D eigenvalue weighted by atomic mass is 10.1. The molecule has 1 saturated carbocycles. The van der Waals surface area contributed by atoms with E-state index in [9.17, 15) is 0 Å². The van der Waals surface area contributed by atoms with Crippen LogP contribution in [0, 0.1) is 0 Å². The molecule has 2 heterocycles. The number of rotatable bonds is 9. The van der Waals surface area contributed by atoms with Gasteiger partial charge in [-0.2, -0.15) is 0 Å². The largest absolute Gasteiger partial charge is 0.361 e. The SMILES string of the molecule is CN=C(NCCCc1nnc(SC)n1C1CCCC1)NCCc1c[nH]c2ccccc12.I. The Labute approximate surface area is 211 Å². The quantitative estimate of drug-likeness (QED) is 0.116. The van der Waals surface area contributed by atoms with Crippen molar-refractivity contribution in [3.05, 3.63) is 41.9 Å². The summed E-state index contributed by atoms with van der Waals surface area (Å²) in [6, 6.07) is 9.01. The number of aryl methyl sites for hydroxylation is 1. The van der Waals surface area contributed by atoms with Gasteiger partial charge >= 0.3 is 0 Å². The average Bonchev–Trinajstić information content (AvgIpc) is 3.55. The summed E-state index contributed by atoms with van der Waals surface area (Å²) in [6.45, 7) is 1.70. The molecule has 9 heteroatoms. The van der Waals surface area contributed by atoms with Crippen molar-refractivity contribution in [1.29, 1.82) is 0 Å². The van der Waals surface area contributed by atoms with Crippen molar-refractivity contribution in [3.63, 3.8) is 0 Å². The number of guanidine groups is 1. The molecule has 0 saturated heterocycles. The highest BCUT2D eigenvalue weighted by molar-refractivity contribution is 14.0. The van der Waals surface area contributed by atoms with E-state index >= 15 is 0 Å². The highest BCUT2D eigenvalue weighted by atomic mass is 127. The van der Waals surface area contributed by atoms with Crippen molar-refractivity contribution in [3.8, 4) is 0 Å². The summed E-state index contributed by atoms with van der Waals surface area (Å²) in [5, 5.41) is 18.1. The molecule has 4 rings (SSSR count). The number of aliphatic imine (C=N–C) groups is 1. The number of aromatic nitrogens is 4. The number of H-pyrrole nitrogens is 1. The van der Waals surface area contributed by atoms with Crippen LogP contribution >= 0.6 is 35.7 Å². The lowest BCUT2D eigenvalue weighted by Gasteiger charge is -2.16. The van der Waals surface area contributed by atoms with Crippen molar-refractivity contribution in [2.75, 3.05) is 26.4 Å². The zero-order valence-electron chi connectivity index (χ0n) is 18.9. The number of thioether (sulfide) groups is 1. The minimum absolute atomic E-state index is 0. The molecule has 3 N–H and O–H groups in total. The van der Waals surface area contributed by atoms with Gasteiger partial charge < -0.3 is 20.2 Å². The summed E-state index contributed by atoms with van der Waals surface area (Å²) >= 11 is 1.70. The molecule has 0 atom stereocenters. The van der Waals surface area contributed by atoms with Gasteiger partial charge in [0.15, 0.2) is 11.1 Å². The van der Waals surface area contributed by atoms with Gasteiger partial charge in [0, 0.05) is 49.7 Å². The smallest absolute Gasteiger partial charge is 0.191 e. The number of fused-ring (bicyclic) bond motifs is 1. The van der Waals surface area contributed by atoms with Gasteiger partial charge in [-0.1, -0.05) is 42.8 Å². The van der Waals surface area contributed by atoms with E-state index in [2.05, 4.69) is 72.1 Å². The van der Waals surface area contributed by atoms with Crippen molar-refractivity contribution < 1.29 is 0 Å². The Morgan fingerprint density at radius 3 is 2.72 bits per heavy atom. The van der Waals surface area contributed by atoms with Gasteiger partial charge in [-0.05, 0) is 43.6 Å². The van der Waals surface area contributed by atoms with Crippen LogP contribution in [0.15, 0.2) is 40.6 Å². The van der Waals surface area contributed by atoms with E-state index in [1.807, 2.05) is 7.05 Å². The maximum atomic E-state index is 4.49. The summed E-state index contributed by atoms with van der Waals surface area (Å²) in [7, 11) is 1.82. The van der Waals surface area contributed by atoms with Gasteiger partial charge in [0.1, 0.15) is 5.82 Å². The van der Waals surface area contributed by atoms with Gasteiger partial charge in [-0.25, -0.2) is 0 Å². The molecule has 0 radical (unpaired) electrons. The molecule has 2 aromatic heterocycles. The summed E-state index contributed by atoms with van der Waals surface area (Å²) in [4.78, 5) is 7.70. The lowest BCUT2D eigenvalue weighted by Crippen LogP contribution is -2.38. The van der Waals surface area contributed by atoms with E-state index in [-0.39, 0.29) is 24.0 Å². The molecule has 0 aliphatic heterocycles. The van der Waals surface area contributed by atoms with Crippen molar-refractivity contribution in [1.82, 2.24) is 30.4 Å². The number of benzene rings is 1. The molecule has 0 bridgehead atoms. The molecular formula is C23H34IN7S. The van der Waals surface area contributed by atoms with Crippen LogP contribution in [-0.2, 0) is 12.8 Å². The Hall–Kier alpha value is -1.75. The van der Waals surface area contributed by atoms with Crippen LogP contribution in [0.4, 0.5) is 0 Å². The molecule has 1 fully saturated rings. The third-order valence-corrected chi connectivity index (χ3v) is 6.71. The Morgan fingerprint density at radius 2 is 1.94 bits per heavy atom. The predicted octanol–water partition coefficient (Wildman–Crippen LogP) is 4.55. The normalized spacial score (nSPS) is 14.6. The first-order chi connectivity index (χ1) is 15.3. The first-order valence-electron chi connectivity index (χ1n) is 11.3. The van der Waals surface area contributed by atoms with Crippen LogP contribution in [0.25, 0.3) is 10.9 Å². The number of hydrogen-bond acceptors (Lipinski definition) is 4. The average molecular weight is 568 g/mol. The van der Waals surface area contributed by atoms with Gasteiger partial charge in [0.25, 0.3) is 0 Å². The Kier molecular flexibility index (Phi) is 9.70. The molecular weight excluding hydrogens is 533 g/mol.